The van der Waals surface area contributed by atoms with Gasteiger partial charge < -0.3 is 4.84 Å². The highest BCUT2D eigenvalue weighted by molar-refractivity contribution is 5.96. The summed E-state index contributed by atoms with van der Waals surface area (Å²) in [5, 5.41) is 22.9. The predicted molar refractivity (Wildman–Crippen MR) is 126 cm³/mol. The molecule has 9 nitrogen and oxygen atoms in total. The zero-order chi connectivity index (χ0) is 22.9. The van der Waals surface area contributed by atoms with E-state index in [1.165, 1.54) is 0 Å². The summed E-state index contributed by atoms with van der Waals surface area (Å²) in [5.41, 5.74) is 6.21. The number of rotatable bonds is 6. The highest BCUT2D eigenvalue weighted by Crippen LogP contribution is 2.28. The Bertz CT molecular complexity index is 1480. The van der Waals surface area contributed by atoms with E-state index in [1.54, 1.807) is 9.20 Å². The molecular formula is C24H24N8O. The quantitative estimate of drug-likeness (QED) is 0.293. The van der Waals surface area contributed by atoms with Gasteiger partial charge in [0.25, 0.3) is 0 Å². The van der Waals surface area contributed by atoms with Gasteiger partial charge in [-0.25, -0.2) is 0 Å². The lowest BCUT2D eigenvalue weighted by Crippen LogP contribution is -2.09. The Kier molecular flexibility index (Phi) is 5.29. The van der Waals surface area contributed by atoms with Crippen LogP contribution in [-0.2, 0) is 11.9 Å². The minimum Gasteiger partial charge on any atom is -0.396 e. The maximum Gasteiger partial charge on any atom is 0.177 e. The maximum absolute atomic E-state index is 5.17. The average molecular weight is 441 g/mol. The molecule has 1 aromatic carbocycles. The molecular weight excluding hydrogens is 416 g/mol. The molecule has 0 amide bonds. The standard InChI is InChI=1S/C24H24N8O/c1-5-33-30-16(3)21-8-9-23-27-28-24(32(23)29-21)15(2)17-6-7-22-18(10-17)11-19(12-25-22)20-13-26-31(4)14-20/h6-15H,5H2,1-4H3. The third-order valence-electron chi connectivity index (χ3n) is 5.62. The second kappa shape index (κ2) is 8.42. The number of hydrogen-bond acceptors (Lipinski definition) is 7. The van der Waals surface area contributed by atoms with Crippen LogP contribution >= 0.6 is 0 Å². The summed E-state index contributed by atoms with van der Waals surface area (Å²) in [7, 11) is 1.91. The molecule has 0 aliphatic heterocycles. The number of benzene rings is 1. The topological polar surface area (TPSA) is 95.4 Å². The highest BCUT2D eigenvalue weighted by atomic mass is 16.6. The maximum atomic E-state index is 5.17. The van der Waals surface area contributed by atoms with E-state index in [0.29, 0.717) is 23.7 Å². The Labute approximate surface area is 190 Å². The summed E-state index contributed by atoms with van der Waals surface area (Å²) in [6.45, 7) is 6.37. The van der Waals surface area contributed by atoms with Gasteiger partial charge in [-0.2, -0.15) is 14.7 Å². The van der Waals surface area contributed by atoms with Crippen LogP contribution in [0.2, 0.25) is 0 Å². The third kappa shape index (κ3) is 3.93. The summed E-state index contributed by atoms with van der Waals surface area (Å²) >= 11 is 0. The fourth-order valence-electron chi connectivity index (χ4n) is 3.77. The Balaban J connectivity index is 1.53. The molecule has 0 aliphatic carbocycles. The lowest BCUT2D eigenvalue weighted by molar-refractivity contribution is 0.159. The van der Waals surface area contributed by atoms with Crippen LogP contribution in [-0.4, -0.2) is 46.9 Å². The van der Waals surface area contributed by atoms with Gasteiger partial charge >= 0.3 is 0 Å². The van der Waals surface area contributed by atoms with Crippen molar-refractivity contribution < 1.29 is 4.84 Å². The Morgan fingerprint density at radius 1 is 1.09 bits per heavy atom. The zero-order valence-electron chi connectivity index (χ0n) is 19.0. The van der Waals surface area contributed by atoms with Gasteiger partial charge in [-0.1, -0.05) is 18.1 Å². The monoisotopic (exact) mass is 440 g/mol. The second-order valence-corrected chi connectivity index (χ2v) is 7.94. The Morgan fingerprint density at radius 2 is 1.97 bits per heavy atom. The van der Waals surface area contributed by atoms with Crippen LogP contribution in [0.25, 0.3) is 27.7 Å². The van der Waals surface area contributed by atoms with Crippen molar-refractivity contribution in [2.45, 2.75) is 26.7 Å². The van der Waals surface area contributed by atoms with E-state index in [9.17, 15) is 0 Å². The minimum absolute atomic E-state index is 0.0293. The van der Waals surface area contributed by atoms with Gasteiger partial charge in [0.15, 0.2) is 11.5 Å². The van der Waals surface area contributed by atoms with E-state index < -0.39 is 0 Å². The van der Waals surface area contributed by atoms with Crippen molar-refractivity contribution in [3.63, 3.8) is 0 Å². The molecule has 0 N–H and O–H groups in total. The minimum atomic E-state index is -0.0293. The van der Waals surface area contributed by atoms with Crippen LogP contribution in [0, 0.1) is 0 Å². The van der Waals surface area contributed by atoms with Crippen molar-refractivity contribution in [1.82, 2.24) is 34.6 Å². The summed E-state index contributed by atoms with van der Waals surface area (Å²) < 4.78 is 3.57. The lowest BCUT2D eigenvalue weighted by atomic mass is 9.98. The first kappa shape index (κ1) is 20.7. The molecule has 0 spiro atoms. The molecule has 166 valence electrons. The molecule has 0 fully saturated rings. The molecule has 0 saturated carbocycles. The number of aromatic nitrogens is 7. The first-order valence-electron chi connectivity index (χ1n) is 10.8. The molecule has 0 radical (unpaired) electrons. The molecule has 5 aromatic rings. The van der Waals surface area contributed by atoms with Crippen LogP contribution in [0.5, 0.6) is 0 Å². The van der Waals surface area contributed by atoms with Crippen molar-refractivity contribution >= 4 is 22.3 Å². The first-order valence-corrected chi connectivity index (χ1v) is 10.8. The smallest absolute Gasteiger partial charge is 0.177 e. The van der Waals surface area contributed by atoms with Gasteiger partial charge in [-0.05, 0) is 49.7 Å². The fourth-order valence-corrected chi connectivity index (χ4v) is 3.77. The number of fused-ring (bicyclic) bond motifs is 2. The molecule has 1 unspecified atom stereocenters. The van der Waals surface area contributed by atoms with Crippen molar-refractivity contribution in [1.29, 1.82) is 0 Å². The number of oxime groups is 1. The highest BCUT2D eigenvalue weighted by Gasteiger charge is 2.18. The molecule has 0 saturated heterocycles. The molecule has 33 heavy (non-hydrogen) atoms. The molecule has 0 bridgehead atoms. The summed E-state index contributed by atoms with van der Waals surface area (Å²) in [4.78, 5) is 9.80. The number of nitrogens with zero attached hydrogens (tertiary/aromatic N) is 8. The SMILES string of the molecule is CCON=C(C)c1ccc2nnc(C(C)c3ccc4ncc(-c5cnn(C)c5)cc4c3)n2n1. The molecule has 4 aromatic heterocycles. The normalized spacial score (nSPS) is 13.0. The van der Waals surface area contributed by atoms with Crippen molar-refractivity contribution in [2.75, 3.05) is 6.61 Å². The van der Waals surface area contributed by atoms with Crippen LogP contribution < -0.4 is 0 Å². The fraction of sp³-hybridized carbons (Fsp3) is 0.250. The van der Waals surface area contributed by atoms with Crippen LogP contribution in [0.1, 0.15) is 43.8 Å². The second-order valence-electron chi connectivity index (χ2n) is 7.94. The number of pyridine rings is 1. The largest absolute Gasteiger partial charge is 0.396 e. The van der Waals surface area contributed by atoms with E-state index in [4.69, 9.17) is 9.94 Å². The van der Waals surface area contributed by atoms with Crippen LogP contribution in [0.3, 0.4) is 0 Å². The van der Waals surface area contributed by atoms with E-state index in [-0.39, 0.29) is 5.92 Å². The first-order chi connectivity index (χ1) is 16.0. The molecule has 4 heterocycles. The van der Waals surface area contributed by atoms with E-state index in [2.05, 4.69) is 50.6 Å². The molecule has 9 heteroatoms. The van der Waals surface area contributed by atoms with Crippen LogP contribution in [0.4, 0.5) is 0 Å². The van der Waals surface area contributed by atoms with Gasteiger partial charge in [-0.3, -0.25) is 9.67 Å². The zero-order valence-corrected chi connectivity index (χ0v) is 19.0. The number of hydrogen-bond donors (Lipinski definition) is 0. The predicted octanol–water partition coefficient (Wildman–Crippen LogP) is 3.99. The van der Waals surface area contributed by atoms with E-state index in [1.807, 2.05) is 57.7 Å². The molecule has 1 atom stereocenters. The lowest BCUT2D eigenvalue weighted by Gasteiger charge is -2.12. The van der Waals surface area contributed by atoms with Gasteiger partial charge in [0.1, 0.15) is 18.0 Å². The summed E-state index contributed by atoms with van der Waals surface area (Å²) in [5.74, 6) is 0.727. The average Bonchev–Trinajstić information content (AvgIpc) is 3.47. The Hall–Kier alpha value is -4.14. The van der Waals surface area contributed by atoms with Crippen molar-refractivity contribution in [3.05, 3.63) is 72.1 Å². The summed E-state index contributed by atoms with van der Waals surface area (Å²) in [6.07, 6.45) is 5.71. The summed E-state index contributed by atoms with van der Waals surface area (Å²) in [6, 6.07) is 12.2. The van der Waals surface area contributed by atoms with Gasteiger partial charge in [0.2, 0.25) is 0 Å². The van der Waals surface area contributed by atoms with Crippen molar-refractivity contribution in [3.8, 4) is 11.1 Å². The van der Waals surface area contributed by atoms with Gasteiger partial charge in [0.05, 0.1) is 11.7 Å². The van der Waals surface area contributed by atoms with E-state index in [0.717, 1.165) is 33.4 Å². The Morgan fingerprint density at radius 3 is 2.76 bits per heavy atom. The molecule has 0 aliphatic rings. The van der Waals surface area contributed by atoms with Crippen LogP contribution in [0.15, 0.2) is 60.1 Å². The van der Waals surface area contributed by atoms with E-state index >= 15 is 0 Å². The van der Waals surface area contributed by atoms with Gasteiger partial charge in [0, 0.05) is 41.9 Å². The van der Waals surface area contributed by atoms with Crippen molar-refractivity contribution in [2.24, 2.45) is 12.2 Å². The van der Waals surface area contributed by atoms with Gasteiger partial charge in [-0.15, -0.1) is 10.2 Å². The molecule has 5 rings (SSSR count). The third-order valence-corrected chi connectivity index (χ3v) is 5.62. The number of aryl methyl sites for hydroxylation is 1.